The lowest BCUT2D eigenvalue weighted by atomic mass is 9.95. The molecule has 28 heavy (non-hydrogen) atoms. The van der Waals surface area contributed by atoms with Crippen molar-refractivity contribution in [3.05, 3.63) is 35.4 Å². The molecule has 0 atom stereocenters. The fourth-order valence-corrected chi connectivity index (χ4v) is 4.02. The van der Waals surface area contributed by atoms with Crippen molar-refractivity contribution in [1.82, 2.24) is 15.1 Å². The zero-order chi connectivity index (χ0) is 19.9. The Hall–Kier alpha value is -2.02. The second-order valence-electron chi connectivity index (χ2n) is 7.74. The van der Waals surface area contributed by atoms with Gasteiger partial charge in [-0.2, -0.15) is 0 Å². The van der Waals surface area contributed by atoms with Crippen molar-refractivity contribution in [2.75, 3.05) is 39.3 Å². The normalized spacial score (nSPS) is 18.9. The fraction of sp³-hybridized carbons (Fsp3) is 0.619. The van der Waals surface area contributed by atoms with E-state index in [4.69, 9.17) is 0 Å². The van der Waals surface area contributed by atoms with Crippen LogP contribution >= 0.6 is 0 Å². The molecule has 0 aromatic heterocycles. The van der Waals surface area contributed by atoms with Gasteiger partial charge in [-0.15, -0.1) is 0 Å². The molecule has 2 saturated heterocycles. The third-order valence-electron chi connectivity index (χ3n) is 5.71. The number of amides is 2. The number of hydrogen-bond donors (Lipinski definition) is 1. The van der Waals surface area contributed by atoms with Gasteiger partial charge in [-0.3, -0.25) is 9.59 Å². The van der Waals surface area contributed by atoms with Gasteiger partial charge in [0.15, 0.2) is 0 Å². The van der Waals surface area contributed by atoms with Crippen molar-refractivity contribution in [2.24, 2.45) is 5.92 Å². The lowest BCUT2D eigenvalue weighted by Gasteiger charge is -2.31. The third kappa shape index (κ3) is 5.50. The van der Waals surface area contributed by atoms with Gasteiger partial charge >= 0.3 is 0 Å². The van der Waals surface area contributed by atoms with E-state index < -0.39 is 17.5 Å². The molecule has 1 N–H and O–H groups in total. The first kappa shape index (κ1) is 20.7. The van der Waals surface area contributed by atoms with Gasteiger partial charge in [0, 0.05) is 31.6 Å². The van der Waals surface area contributed by atoms with Crippen LogP contribution in [0.25, 0.3) is 0 Å². The van der Waals surface area contributed by atoms with E-state index >= 15 is 0 Å². The van der Waals surface area contributed by atoms with E-state index in [2.05, 4.69) is 10.2 Å². The van der Waals surface area contributed by atoms with Crippen LogP contribution in [0.15, 0.2) is 18.2 Å². The molecule has 5 nitrogen and oxygen atoms in total. The summed E-state index contributed by atoms with van der Waals surface area (Å²) in [5.74, 6) is -2.07. The van der Waals surface area contributed by atoms with Crippen LogP contribution in [-0.4, -0.2) is 60.9 Å². The van der Waals surface area contributed by atoms with E-state index in [0.717, 1.165) is 38.2 Å². The summed E-state index contributed by atoms with van der Waals surface area (Å²) in [6, 6.07) is 2.98. The largest absolute Gasteiger partial charge is 0.356 e. The number of nitrogens with one attached hydrogen (secondary N) is 1. The second kappa shape index (κ2) is 9.96. The highest BCUT2D eigenvalue weighted by atomic mass is 19.1. The van der Waals surface area contributed by atoms with Gasteiger partial charge in [-0.25, -0.2) is 8.78 Å². The summed E-state index contributed by atoms with van der Waals surface area (Å²) < 4.78 is 26.8. The summed E-state index contributed by atoms with van der Waals surface area (Å²) in [6.45, 7) is 4.83. The molecule has 7 heteroatoms. The molecule has 154 valence electrons. The monoisotopic (exact) mass is 393 g/mol. The number of likely N-dealkylation sites (tertiary alicyclic amines) is 2. The first-order valence-corrected chi connectivity index (χ1v) is 10.3. The Labute approximate surface area is 165 Å². The zero-order valence-corrected chi connectivity index (χ0v) is 16.3. The van der Waals surface area contributed by atoms with Crippen LogP contribution in [0.5, 0.6) is 0 Å². The van der Waals surface area contributed by atoms with Crippen LogP contribution in [0.2, 0.25) is 0 Å². The number of nitrogens with zero attached hydrogens (tertiary/aromatic N) is 2. The maximum Gasteiger partial charge on any atom is 0.256 e. The Morgan fingerprint density at radius 1 is 1.04 bits per heavy atom. The molecule has 2 aliphatic heterocycles. The number of carbonyl (C=O) groups is 2. The summed E-state index contributed by atoms with van der Waals surface area (Å²) in [4.78, 5) is 28.8. The molecule has 0 radical (unpaired) electrons. The van der Waals surface area contributed by atoms with Gasteiger partial charge in [0.2, 0.25) is 5.91 Å². The van der Waals surface area contributed by atoms with Crippen LogP contribution in [0, 0.1) is 17.6 Å². The van der Waals surface area contributed by atoms with Crippen molar-refractivity contribution in [3.8, 4) is 0 Å². The van der Waals surface area contributed by atoms with Gasteiger partial charge in [0.05, 0.1) is 5.56 Å². The van der Waals surface area contributed by atoms with E-state index in [0.29, 0.717) is 32.5 Å². The van der Waals surface area contributed by atoms with Crippen molar-refractivity contribution in [3.63, 3.8) is 0 Å². The predicted octanol–water partition coefficient (Wildman–Crippen LogP) is 2.81. The van der Waals surface area contributed by atoms with Gasteiger partial charge in [0.25, 0.3) is 5.91 Å². The van der Waals surface area contributed by atoms with E-state index in [9.17, 15) is 18.4 Å². The molecule has 0 spiro atoms. The highest BCUT2D eigenvalue weighted by Crippen LogP contribution is 2.20. The Balaban J connectivity index is 1.38. The van der Waals surface area contributed by atoms with Gasteiger partial charge in [-0.05, 0) is 63.9 Å². The number of carbonyl (C=O) groups excluding carboxylic acids is 2. The Morgan fingerprint density at radius 2 is 1.75 bits per heavy atom. The van der Waals surface area contributed by atoms with Crippen molar-refractivity contribution >= 4 is 11.8 Å². The molecule has 2 aliphatic rings. The fourth-order valence-electron chi connectivity index (χ4n) is 4.02. The lowest BCUT2D eigenvalue weighted by Crippen LogP contribution is -2.43. The minimum Gasteiger partial charge on any atom is -0.356 e. The van der Waals surface area contributed by atoms with Crippen LogP contribution in [0.3, 0.4) is 0 Å². The lowest BCUT2D eigenvalue weighted by molar-refractivity contribution is -0.126. The zero-order valence-electron chi connectivity index (χ0n) is 16.3. The van der Waals surface area contributed by atoms with E-state index in [-0.39, 0.29) is 17.4 Å². The third-order valence-corrected chi connectivity index (χ3v) is 5.71. The highest BCUT2D eigenvalue weighted by Gasteiger charge is 2.28. The molecule has 0 unspecified atom stereocenters. The number of hydrogen-bond acceptors (Lipinski definition) is 3. The van der Waals surface area contributed by atoms with Crippen LogP contribution in [-0.2, 0) is 4.79 Å². The molecule has 1 aromatic carbocycles. The maximum absolute atomic E-state index is 13.8. The molecule has 2 amide bonds. The predicted molar refractivity (Wildman–Crippen MR) is 103 cm³/mol. The van der Waals surface area contributed by atoms with E-state index in [1.165, 1.54) is 30.2 Å². The summed E-state index contributed by atoms with van der Waals surface area (Å²) >= 11 is 0. The average Bonchev–Trinajstić information content (AvgIpc) is 2.71. The first-order valence-electron chi connectivity index (χ1n) is 10.3. The quantitative estimate of drug-likeness (QED) is 0.757. The second-order valence-corrected chi connectivity index (χ2v) is 7.74. The van der Waals surface area contributed by atoms with Crippen LogP contribution < -0.4 is 5.32 Å². The van der Waals surface area contributed by atoms with Crippen LogP contribution in [0.1, 0.15) is 48.9 Å². The Bertz CT molecular complexity index is 684. The Kier molecular flexibility index (Phi) is 7.36. The topological polar surface area (TPSA) is 52.7 Å². The van der Waals surface area contributed by atoms with Gasteiger partial charge < -0.3 is 15.1 Å². The molecule has 3 rings (SSSR count). The van der Waals surface area contributed by atoms with E-state index in [1.807, 2.05) is 0 Å². The smallest absolute Gasteiger partial charge is 0.256 e. The minimum absolute atomic E-state index is 0.0405. The molecular weight excluding hydrogens is 364 g/mol. The van der Waals surface area contributed by atoms with Crippen molar-refractivity contribution < 1.29 is 18.4 Å². The molecule has 2 fully saturated rings. The Morgan fingerprint density at radius 3 is 2.43 bits per heavy atom. The standard InChI is InChI=1S/C21H29F2N3O2/c22-17-5-6-18(19(23)15-17)21(28)26-13-7-16(8-14-26)20(27)24-9-4-12-25-10-2-1-3-11-25/h5-6,15-16H,1-4,7-14H2,(H,24,27). The number of halogens is 2. The maximum atomic E-state index is 13.8. The molecule has 0 saturated carbocycles. The number of rotatable bonds is 6. The van der Waals surface area contributed by atoms with Gasteiger partial charge in [0.1, 0.15) is 11.6 Å². The summed E-state index contributed by atoms with van der Waals surface area (Å²) in [6.07, 6.45) is 5.94. The molecular formula is C21H29F2N3O2. The molecule has 0 aliphatic carbocycles. The summed E-state index contributed by atoms with van der Waals surface area (Å²) in [5, 5.41) is 3.01. The number of benzene rings is 1. The van der Waals surface area contributed by atoms with Crippen LogP contribution in [0.4, 0.5) is 8.78 Å². The summed E-state index contributed by atoms with van der Waals surface area (Å²) in [5.41, 5.74) is -0.123. The van der Waals surface area contributed by atoms with Crippen molar-refractivity contribution in [2.45, 2.75) is 38.5 Å². The SMILES string of the molecule is O=C(NCCCN1CCCCC1)C1CCN(C(=O)c2ccc(F)cc2F)CC1. The highest BCUT2D eigenvalue weighted by molar-refractivity contribution is 5.94. The number of piperidine rings is 2. The molecule has 0 bridgehead atoms. The minimum atomic E-state index is -0.849. The molecule has 1 aromatic rings. The average molecular weight is 393 g/mol. The van der Waals surface area contributed by atoms with Gasteiger partial charge in [-0.1, -0.05) is 6.42 Å². The van der Waals surface area contributed by atoms with E-state index in [1.54, 1.807) is 0 Å². The summed E-state index contributed by atoms with van der Waals surface area (Å²) in [7, 11) is 0. The first-order chi connectivity index (χ1) is 13.5. The van der Waals surface area contributed by atoms with Crippen molar-refractivity contribution in [1.29, 1.82) is 0 Å². The molecule has 2 heterocycles.